The molecule has 0 saturated heterocycles. The Hall–Kier alpha value is -3.22. The number of methoxy groups -OCH3 is 1. The maximum absolute atomic E-state index is 13.7. The second-order valence-corrected chi connectivity index (χ2v) is 5.54. The largest absolute Gasteiger partial charge is 0.497 e. The summed E-state index contributed by atoms with van der Waals surface area (Å²) in [4.78, 5) is 8.32. The van der Waals surface area contributed by atoms with E-state index < -0.39 is 11.6 Å². The predicted octanol–water partition coefficient (Wildman–Crippen LogP) is 4.16. The van der Waals surface area contributed by atoms with Gasteiger partial charge in [-0.1, -0.05) is 12.1 Å². The SMILES string of the molecule is COc1ccc(CCNc2ccnc(Nc3ccc(F)cc3F)n2)cc1. The zero-order valence-electron chi connectivity index (χ0n) is 14.2. The summed E-state index contributed by atoms with van der Waals surface area (Å²) in [7, 11) is 1.63. The van der Waals surface area contributed by atoms with Gasteiger partial charge in [-0.15, -0.1) is 0 Å². The van der Waals surface area contributed by atoms with Crippen LogP contribution in [0.5, 0.6) is 5.75 Å². The van der Waals surface area contributed by atoms with E-state index in [4.69, 9.17) is 4.74 Å². The summed E-state index contributed by atoms with van der Waals surface area (Å²) >= 11 is 0. The van der Waals surface area contributed by atoms with Crippen LogP contribution in [0.25, 0.3) is 0 Å². The van der Waals surface area contributed by atoms with Crippen molar-refractivity contribution in [3.05, 3.63) is 71.9 Å². The summed E-state index contributed by atoms with van der Waals surface area (Å²) < 4.78 is 31.8. The normalized spacial score (nSPS) is 10.4. The van der Waals surface area contributed by atoms with E-state index in [9.17, 15) is 8.78 Å². The molecule has 0 bridgehead atoms. The maximum Gasteiger partial charge on any atom is 0.229 e. The van der Waals surface area contributed by atoms with E-state index in [1.54, 1.807) is 19.4 Å². The lowest BCUT2D eigenvalue weighted by atomic mass is 10.1. The van der Waals surface area contributed by atoms with E-state index in [2.05, 4.69) is 20.6 Å². The smallest absolute Gasteiger partial charge is 0.229 e. The minimum Gasteiger partial charge on any atom is -0.497 e. The Balaban J connectivity index is 1.58. The fraction of sp³-hybridized carbons (Fsp3) is 0.158. The van der Waals surface area contributed by atoms with E-state index in [-0.39, 0.29) is 11.6 Å². The van der Waals surface area contributed by atoms with Crippen LogP contribution in [0, 0.1) is 11.6 Å². The van der Waals surface area contributed by atoms with Gasteiger partial charge in [0.25, 0.3) is 0 Å². The van der Waals surface area contributed by atoms with Gasteiger partial charge < -0.3 is 15.4 Å². The minimum absolute atomic E-state index is 0.113. The van der Waals surface area contributed by atoms with Gasteiger partial charge in [0.15, 0.2) is 0 Å². The Kier molecular flexibility index (Phi) is 5.58. The van der Waals surface area contributed by atoms with Crippen molar-refractivity contribution in [2.45, 2.75) is 6.42 Å². The molecule has 1 aromatic heterocycles. The van der Waals surface area contributed by atoms with E-state index in [1.165, 1.54) is 17.7 Å². The Morgan fingerprint density at radius 2 is 1.85 bits per heavy atom. The number of nitrogens with zero attached hydrogens (tertiary/aromatic N) is 2. The van der Waals surface area contributed by atoms with Gasteiger partial charge in [0.1, 0.15) is 23.2 Å². The van der Waals surface area contributed by atoms with Crippen LogP contribution in [0.1, 0.15) is 5.56 Å². The number of ether oxygens (including phenoxy) is 1. The predicted molar refractivity (Wildman–Crippen MR) is 96.9 cm³/mol. The first-order chi connectivity index (χ1) is 12.6. The van der Waals surface area contributed by atoms with Gasteiger partial charge in [-0.2, -0.15) is 4.98 Å². The van der Waals surface area contributed by atoms with Crippen LogP contribution in [-0.4, -0.2) is 23.6 Å². The highest BCUT2D eigenvalue weighted by atomic mass is 19.1. The molecule has 0 atom stereocenters. The number of aromatic nitrogens is 2. The topological polar surface area (TPSA) is 59.1 Å². The highest BCUT2D eigenvalue weighted by Gasteiger charge is 2.06. The van der Waals surface area contributed by atoms with Gasteiger partial charge in [0, 0.05) is 18.8 Å². The van der Waals surface area contributed by atoms with Crippen molar-refractivity contribution >= 4 is 17.5 Å². The molecule has 0 amide bonds. The van der Waals surface area contributed by atoms with Gasteiger partial charge in [-0.25, -0.2) is 13.8 Å². The molecule has 1 heterocycles. The van der Waals surface area contributed by atoms with E-state index in [0.717, 1.165) is 18.2 Å². The Labute approximate surface area is 150 Å². The highest BCUT2D eigenvalue weighted by molar-refractivity contribution is 5.55. The Bertz CT molecular complexity index is 872. The lowest BCUT2D eigenvalue weighted by Crippen LogP contribution is -2.08. The molecule has 2 aromatic carbocycles. The first-order valence-corrected chi connectivity index (χ1v) is 8.06. The number of hydrogen-bond donors (Lipinski definition) is 2. The third-order valence-corrected chi connectivity index (χ3v) is 3.71. The molecule has 2 N–H and O–H groups in total. The molecule has 7 heteroatoms. The second kappa shape index (κ2) is 8.24. The lowest BCUT2D eigenvalue weighted by molar-refractivity contribution is 0.414. The molecule has 26 heavy (non-hydrogen) atoms. The first kappa shape index (κ1) is 17.6. The highest BCUT2D eigenvalue weighted by Crippen LogP contribution is 2.19. The van der Waals surface area contributed by atoms with E-state index >= 15 is 0 Å². The lowest BCUT2D eigenvalue weighted by Gasteiger charge is -2.09. The van der Waals surface area contributed by atoms with Crippen LogP contribution >= 0.6 is 0 Å². The van der Waals surface area contributed by atoms with Crippen molar-refractivity contribution in [2.24, 2.45) is 0 Å². The number of hydrogen-bond acceptors (Lipinski definition) is 5. The van der Waals surface area contributed by atoms with Gasteiger partial charge in [-0.3, -0.25) is 0 Å². The summed E-state index contributed by atoms with van der Waals surface area (Å²) in [5.74, 6) is 0.319. The van der Waals surface area contributed by atoms with Crippen molar-refractivity contribution < 1.29 is 13.5 Å². The monoisotopic (exact) mass is 356 g/mol. The zero-order chi connectivity index (χ0) is 18.4. The number of rotatable bonds is 7. The molecule has 0 unspecified atom stereocenters. The molecule has 0 aliphatic rings. The molecular weight excluding hydrogens is 338 g/mol. The summed E-state index contributed by atoms with van der Waals surface area (Å²) in [5.41, 5.74) is 1.28. The van der Waals surface area contributed by atoms with Crippen LogP contribution < -0.4 is 15.4 Å². The fourth-order valence-electron chi connectivity index (χ4n) is 2.36. The van der Waals surface area contributed by atoms with Crippen LogP contribution in [0.2, 0.25) is 0 Å². The fourth-order valence-corrected chi connectivity index (χ4v) is 2.36. The molecule has 0 radical (unpaired) electrons. The first-order valence-electron chi connectivity index (χ1n) is 8.06. The molecule has 3 rings (SSSR count). The number of nitrogens with one attached hydrogen (secondary N) is 2. The van der Waals surface area contributed by atoms with Gasteiger partial charge in [0.2, 0.25) is 5.95 Å². The summed E-state index contributed by atoms with van der Waals surface area (Å²) in [6, 6.07) is 12.8. The Morgan fingerprint density at radius 1 is 1.04 bits per heavy atom. The number of anilines is 3. The molecule has 0 saturated carbocycles. The summed E-state index contributed by atoms with van der Waals surface area (Å²) in [5, 5.41) is 5.94. The van der Waals surface area contributed by atoms with Crippen LogP contribution in [-0.2, 0) is 6.42 Å². The van der Waals surface area contributed by atoms with Crippen molar-refractivity contribution in [3.8, 4) is 5.75 Å². The minimum atomic E-state index is -0.702. The van der Waals surface area contributed by atoms with Crippen LogP contribution in [0.3, 0.4) is 0 Å². The molecular formula is C19H18F2N4O. The van der Waals surface area contributed by atoms with Crippen molar-refractivity contribution in [2.75, 3.05) is 24.3 Å². The number of halogens is 2. The molecule has 0 aliphatic carbocycles. The maximum atomic E-state index is 13.7. The molecule has 134 valence electrons. The van der Waals surface area contributed by atoms with E-state index in [1.807, 2.05) is 24.3 Å². The quantitative estimate of drug-likeness (QED) is 0.666. The van der Waals surface area contributed by atoms with Crippen molar-refractivity contribution in [1.82, 2.24) is 9.97 Å². The number of benzene rings is 2. The summed E-state index contributed by atoms with van der Waals surface area (Å²) in [6.07, 6.45) is 2.37. The van der Waals surface area contributed by atoms with Crippen LogP contribution in [0.4, 0.5) is 26.2 Å². The average Bonchev–Trinajstić information content (AvgIpc) is 2.65. The Morgan fingerprint density at radius 3 is 2.58 bits per heavy atom. The standard InChI is InChI=1S/C19H18F2N4O/c1-26-15-5-2-13(3-6-15)8-10-22-18-9-11-23-19(25-18)24-17-7-4-14(20)12-16(17)21/h2-7,9,11-12H,8,10H2,1H3,(H2,22,23,24,25). The molecule has 0 spiro atoms. The average molecular weight is 356 g/mol. The molecule has 0 aliphatic heterocycles. The second-order valence-electron chi connectivity index (χ2n) is 5.54. The zero-order valence-corrected chi connectivity index (χ0v) is 14.2. The molecule has 5 nitrogen and oxygen atoms in total. The summed E-state index contributed by atoms with van der Waals surface area (Å²) in [6.45, 7) is 0.674. The van der Waals surface area contributed by atoms with Gasteiger partial charge >= 0.3 is 0 Å². The van der Waals surface area contributed by atoms with Gasteiger partial charge in [-0.05, 0) is 42.3 Å². The molecule has 0 fully saturated rings. The third kappa shape index (κ3) is 4.66. The molecule has 3 aromatic rings. The van der Waals surface area contributed by atoms with E-state index in [0.29, 0.717) is 12.4 Å². The van der Waals surface area contributed by atoms with Crippen molar-refractivity contribution in [1.29, 1.82) is 0 Å². The van der Waals surface area contributed by atoms with Crippen molar-refractivity contribution in [3.63, 3.8) is 0 Å². The van der Waals surface area contributed by atoms with Crippen LogP contribution in [0.15, 0.2) is 54.7 Å². The third-order valence-electron chi connectivity index (χ3n) is 3.71. The van der Waals surface area contributed by atoms with Gasteiger partial charge in [0.05, 0.1) is 12.8 Å².